The molecule has 1 aliphatic carbocycles. The Bertz CT molecular complexity index is 915. The molecule has 28 heavy (non-hydrogen) atoms. The van der Waals surface area contributed by atoms with Gasteiger partial charge in [0, 0.05) is 27.0 Å². The van der Waals surface area contributed by atoms with Gasteiger partial charge in [-0.15, -0.1) is 0 Å². The van der Waals surface area contributed by atoms with Crippen LogP contribution >= 0.6 is 27.5 Å². The average Bonchev–Trinajstić information content (AvgIpc) is 3.36. The Balaban J connectivity index is 1.86. The molecule has 3 nitrogen and oxygen atoms in total. The van der Waals surface area contributed by atoms with Gasteiger partial charge in [-0.25, -0.2) is 4.39 Å². The molecular weight excluding hydrogens is 464 g/mol. The van der Waals surface area contributed by atoms with Crippen molar-refractivity contribution >= 4 is 33.4 Å². The Kier molecular flexibility index (Phi) is 5.76. The van der Waals surface area contributed by atoms with Crippen LogP contribution in [0.25, 0.3) is 0 Å². The minimum Gasteiger partial charge on any atom is -0.368 e. The minimum atomic E-state index is -4.49. The minimum absolute atomic E-state index is 0.0710. The third-order valence-corrected chi connectivity index (χ3v) is 5.74. The van der Waals surface area contributed by atoms with E-state index in [4.69, 9.17) is 17.3 Å². The summed E-state index contributed by atoms with van der Waals surface area (Å²) in [6.45, 7) is 0.136. The van der Waals surface area contributed by atoms with Gasteiger partial charge < -0.3 is 11.1 Å². The van der Waals surface area contributed by atoms with Crippen LogP contribution in [0, 0.1) is 5.82 Å². The van der Waals surface area contributed by atoms with Gasteiger partial charge in [0.2, 0.25) is 5.91 Å². The predicted molar refractivity (Wildman–Crippen MR) is 101 cm³/mol. The maximum absolute atomic E-state index is 14.2. The first kappa shape index (κ1) is 21.1. The second kappa shape index (κ2) is 7.65. The van der Waals surface area contributed by atoms with Crippen molar-refractivity contribution < 1.29 is 22.4 Å². The monoisotopic (exact) mass is 478 g/mol. The first-order valence-corrected chi connectivity index (χ1v) is 9.55. The van der Waals surface area contributed by atoms with E-state index in [1.807, 2.05) is 0 Å². The summed E-state index contributed by atoms with van der Waals surface area (Å²) >= 11 is 9.30. The molecule has 3 N–H and O–H groups in total. The number of carbonyl (C=O) groups is 1. The summed E-state index contributed by atoms with van der Waals surface area (Å²) in [5.74, 6) is -1.40. The van der Waals surface area contributed by atoms with E-state index in [1.165, 1.54) is 18.2 Å². The SMILES string of the molecule is NC(=O)C(NCC1(c2cc(C(F)(F)F)ccc2Cl)CC1)c1ccc(Br)cc1F. The average molecular weight is 480 g/mol. The van der Waals surface area contributed by atoms with Crippen molar-refractivity contribution in [2.24, 2.45) is 5.73 Å². The number of nitrogens with two attached hydrogens (primary N) is 1. The zero-order valence-corrected chi connectivity index (χ0v) is 16.8. The highest BCUT2D eigenvalue weighted by atomic mass is 79.9. The Morgan fingerprint density at radius 2 is 1.93 bits per heavy atom. The predicted octanol–water partition coefficient (Wildman–Crippen LogP) is 5.11. The Morgan fingerprint density at radius 3 is 2.46 bits per heavy atom. The van der Waals surface area contributed by atoms with Crippen LogP contribution in [0.2, 0.25) is 5.02 Å². The molecule has 2 aromatic rings. The number of halogens is 6. The van der Waals surface area contributed by atoms with Crippen LogP contribution in [-0.4, -0.2) is 12.5 Å². The number of primary amides is 1. The molecule has 3 rings (SSSR count). The Labute approximate surface area is 172 Å². The van der Waals surface area contributed by atoms with Gasteiger partial charge in [0.25, 0.3) is 0 Å². The molecule has 0 radical (unpaired) electrons. The third kappa shape index (κ3) is 4.34. The lowest BCUT2D eigenvalue weighted by Gasteiger charge is -2.23. The standard InChI is InChI=1S/C19H16BrClF4N2O/c20-11-2-3-12(15(22)8-11)16(17(26)28)27-9-18(5-6-18)13-7-10(19(23,24)25)1-4-14(13)21/h1-4,7-8,16,27H,5-6,9H2,(H2,26,28). The first-order valence-electron chi connectivity index (χ1n) is 8.38. The third-order valence-electron chi connectivity index (χ3n) is 4.92. The van der Waals surface area contributed by atoms with Gasteiger partial charge in [-0.05, 0) is 48.7 Å². The zero-order valence-electron chi connectivity index (χ0n) is 14.4. The molecule has 0 saturated heterocycles. The maximum Gasteiger partial charge on any atom is 0.416 e. The van der Waals surface area contributed by atoms with Gasteiger partial charge >= 0.3 is 6.18 Å². The summed E-state index contributed by atoms with van der Waals surface area (Å²) in [5.41, 5.74) is 4.41. The molecule has 1 atom stereocenters. The highest BCUT2D eigenvalue weighted by Crippen LogP contribution is 2.51. The van der Waals surface area contributed by atoms with Crippen molar-refractivity contribution in [1.82, 2.24) is 5.32 Å². The quantitative estimate of drug-likeness (QED) is 0.566. The van der Waals surface area contributed by atoms with E-state index < -0.39 is 34.9 Å². The summed E-state index contributed by atoms with van der Waals surface area (Å²) in [7, 11) is 0. The van der Waals surface area contributed by atoms with Crippen LogP contribution < -0.4 is 11.1 Å². The molecule has 0 aliphatic heterocycles. The lowest BCUT2D eigenvalue weighted by atomic mass is 9.93. The number of benzene rings is 2. The van der Waals surface area contributed by atoms with E-state index in [0.29, 0.717) is 22.9 Å². The molecule has 0 heterocycles. The molecule has 1 aliphatic rings. The van der Waals surface area contributed by atoms with Crippen LogP contribution in [0.1, 0.15) is 35.6 Å². The van der Waals surface area contributed by atoms with Gasteiger partial charge in [-0.1, -0.05) is 33.6 Å². The lowest BCUT2D eigenvalue weighted by molar-refractivity contribution is -0.137. The first-order chi connectivity index (χ1) is 13.0. The summed E-state index contributed by atoms with van der Waals surface area (Å²) in [5, 5.41) is 3.13. The van der Waals surface area contributed by atoms with Crippen LogP contribution in [0.15, 0.2) is 40.9 Å². The topological polar surface area (TPSA) is 55.1 Å². The fourth-order valence-corrected chi connectivity index (χ4v) is 3.85. The van der Waals surface area contributed by atoms with E-state index in [-0.39, 0.29) is 17.1 Å². The lowest BCUT2D eigenvalue weighted by Crippen LogP contribution is -2.38. The zero-order chi connectivity index (χ0) is 20.7. The van der Waals surface area contributed by atoms with E-state index in [1.54, 1.807) is 6.07 Å². The normalized spacial score (nSPS) is 16.6. The largest absolute Gasteiger partial charge is 0.416 e. The fraction of sp³-hybridized carbons (Fsp3) is 0.316. The number of alkyl halides is 3. The second-order valence-electron chi connectivity index (χ2n) is 6.85. The molecule has 0 aromatic heterocycles. The van der Waals surface area contributed by atoms with E-state index >= 15 is 0 Å². The Morgan fingerprint density at radius 1 is 1.25 bits per heavy atom. The second-order valence-corrected chi connectivity index (χ2v) is 8.18. The van der Waals surface area contributed by atoms with E-state index in [2.05, 4.69) is 21.2 Å². The fourth-order valence-electron chi connectivity index (χ4n) is 3.20. The Hall–Kier alpha value is -1.64. The van der Waals surface area contributed by atoms with Crippen molar-refractivity contribution in [2.75, 3.05) is 6.54 Å². The number of carbonyl (C=O) groups excluding carboxylic acids is 1. The summed E-state index contributed by atoms with van der Waals surface area (Å²) < 4.78 is 53.9. The molecule has 150 valence electrons. The van der Waals surface area contributed by atoms with Crippen LogP contribution in [-0.2, 0) is 16.4 Å². The molecule has 0 bridgehead atoms. The van der Waals surface area contributed by atoms with Crippen molar-refractivity contribution in [3.63, 3.8) is 0 Å². The molecule has 9 heteroatoms. The number of hydrogen-bond acceptors (Lipinski definition) is 2. The van der Waals surface area contributed by atoms with Crippen LogP contribution in [0.3, 0.4) is 0 Å². The number of amides is 1. The van der Waals surface area contributed by atoms with Gasteiger partial charge in [-0.3, -0.25) is 4.79 Å². The van der Waals surface area contributed by atoms with Crippen molar-refractivity contribution in [1.29, 1.82) is 0 Å². The molecule has 0 spiro atoms. The van der Waals surface area contributed by atoms with Crippen LogP contribution in [0.4, 0.5) is 17.6 Å². The van der Waals surface area contributed by atoms with Gasteiger partial charge in [0.1, 0.15) is 11.9 Å². The van der Waals surface area contributed by atoms with Crippen molar-refractivity contribution in [3.05, 3.63) is 68.4 Å². The highest BCUT2D eigenvalue weighted by molar-refractivity contribution is 9.10. The van der Waals surface area contributed by atoms with E-state index in [0.717, 1.165) is 12.1 Å². The maximum atomic E-state index is 14.2. The van der Waals surface area contributed by atoms with E-state index in [9.17, 15) is 22.4 Å². The number of nitrogens with one attached hydrogen (secondary N) is 1. The highest BCUT2D eigenvalue weighted by Gasteiger charge is 2.47. The molecule has 1 fully saturated rings. The molecule has 1 saturated carbocycles. The van der Waals surface area contributed by atoms with Crippen molar-refractivity contribution in [2.45, 2.75) is 30.5 Å². The summed E-state index contributed by atoms with van der Waals surface area (Å²) in [4.78, 5) is 11.9. The molecule has 1 unspecified atom stereocenters. The molecule has 2 aromatic carbocycles. The number of hydrogen-bond donors (Lipinski definition) is 2. The van der Waals surface area contributed by atoms with Gasteiger partial charge in [0.15, 0.2) is 0 Å². The number of rotatable bonds is 6. The molecule has 1 amide bonds. The summed E-state index contributed by atoms with van der Waals surface area (Å²) in [6, 6.07) is 6.29. The molecular formula is C19H16BrClF4N2O. The van der Waals surface area contributed by atoms with Gasteiger partial charge in [0.05, 0.1) is 5.56 Å². The van der Waals surface area contributed by atoms with Gasteiger partial charge in [-0.2, -0.15) is 13.2 Å². The van der Waals surface area contributed by atoms with Crippen LogP contribution in [0.5, 0.6) is 0 Å². The smallest absolute Gasteiger partial charge is 0.368 e. The van der Waals surface area contributed by atoms with Crippen molar-refractivity contribution in [3.8, 4) is 0 Å². The summed E-state index contributed by atoms with van der Waals surface area (Å²) in [6.07, 6.45) is -3.30.